The van der Waals surface area contributed by atoms with E-state index in [4.69, 9.17) is 4.74 Å². The summed E-state index contributed by atoms with van der Waals surface area (Å²) in [5.74, 6) is 0.331. The Labute approximate surface area is 161 Å². The molecule has 0 radical (unpaired) electrons. The lowest BCUT2D eigenvalue weighted by Gasteiger charge is -2.19. The fourth-order valence-corrected chi connectivity index (χ4v) is 3.74. The van der Waals surface area contributed by atoms with Crippen LogP contribution in [0, 0.1) is 5.92 Å². The predicted octanol–water partition coefficient (Wildman–Crippen LogP) is 4.15. The van der Waals surface area contributed by atoms with Crippen LogP contribution in [-0.2, 0) is 9.59 Å². The normalized spacial score (nSPS) is 20.0. The van der Waals surface area contributed by atoms with Crippen LogP contribution in [0.3, 0.4) is 0 Å². The fraction of sp³-hybridized carbons (Fsp3) is 0.545. The minimum Gasteiger partial charge on any atom is -0.489 e. The van der Waals surface area contributed by atoms with Crippen LogP contribution in [0.5, 0.6) is 5.75 Å². The highest BCUT2D eigenvalue weighted by atomic mass is 16.5. The summed E-state index contributed by atoms with van der Waals surface area (Å²) in [6, 6.07) is 7.43. The number of likely N-dealkylation sites (tertiary alicyclic amines) is 1. The molecule has 0 bridgehead atoms. The van der Waals surface area contributed by atoms with Gasteiger partial charge < -0.3 is 15.0 Å². The van der Waals surface area contributed by atoms with Gasteiger partial charge in [0.2, 0.25) is 11.8 Å². The standard InChI is InChI=1S/C22H30N2O3/c1-16(2)27-20-11-7-6-10-19(20)23-22(26)18-14-21(25)24(15-18)13-12-17-8-4-3-5-9-17/h6-8,10-11,16,18H,3-5,9,12-15H2,1-2H3,(H,23,26). The number of amides is 2. The molecule has 1 aromatic carbocycles. The van der Waals surface area contributed by atoms with E-state index >= 15 is 0 Å². The topological polar surface area (TPSA) is 58.6 Å². The molecule has 1 fully saturated rings. The van der Waals surface area contributed by atoms with Gasteiger partial charge in [0.25, 0.3) is 0 Å². The van der Waals surface area contributed by atoms with Crippen molar-refractivity contribution in [3.05, 3.63) is 35.9 Å². The van der Waals surface area contributed by atoms with Crippen molar-refractivity contribution in [1.82, 2.24) is 4.90 Å². The Morgan fingerprint density at radius 3 is 2.85 bits per heavy atom. The molecule has 146 valence electrons. The van der Waals surface area contributed by atoms with E-state index in [1.165, 1.54) is 18.4 Å². The molecule has 3 rings (SSSR count). The number of nitrogens with zero attached hydrogens (tertiary/aromatic N) is 1. The molecule has 1 aliphatic carbocycles. The average molecular weight is 370 g/mol. The molecule has 2 amide bonds. The van der Waals surface area contributed by atoms with Gasteiger partial charge in [-0.1, -0.05) is 23.8 Å². The first-order valence-corrected chi connectivity index (χ1v) is 10.0. The molecule has 0 aromatic heterocycles. The third-order valence-corrected chi connectivity index (χ3v) is 5.18. The van der Waals surface area contributed by atoms with E-state index in [1.54, 1.807) is 0 Å². The number of nitrogens with one attached hydrogen (secondary N) is 1. The van der Waals surface area contributed by atoms with E-state index in [-0.39, 0.29) is 30.3 Å². The molecule has 0 spiro atoms. The van der Waals surface area contributed by atoms with E-state index in [1.807, 2.05) is 43.0 Å². The van der Waals surface area contributed by atoms with Crippen molar-refractivity contribution in [2.24, 2.45) is 5.92 Å². The molecule has 1 aliphatic heterocycles. The Balaban J connectivity index is 1.55. The molecule has 2 aliphatic rings. The Hall–Kier alpha value is -2.30. The van der Waals surface area contributed by atoms with Crippen molar-refractivity contribution < 1.29 is 14.3 Å². The SMILES string of the molecule is CC(C)Oc1ccccc1NC(=O)C1CC(=O)N(CCC2=CCCCC2)C1. The number of hydrogen-bond acceptors (Lipinski definition) is 3. The zero-order valence-electron chi connectivity index (χ0n) is 16.4. The van der Waals surface area contributed by atoms with Gasteiger partial charge >= 0.3 is 0 Å². The minimum absolute atomic E-state index is 0.0284. The predicted molar refractivity (Wildman–Crippen MR) is 107 cm³/mol. The molecule has 1 saturated heterocycles. The number of rotatable bonds is 7. The van der Waals surface area contributed by atoms with E-state index < -0.39 is 0 Å². The van der Waals surface area contributed by atoms with Crippen LogP contribution in [0.2, 0.25) is 0 Å². The van der Waals surface area contributed by atoms with Crippen molar-refractivity contribution >= 4 is 17.5 Å². The van der Waals surface area contributed by atoms with Crippen LogP contribution >= 0.6 is 0 Å². The summed E-state index contributed by atoms with van der Waals surface area (Å²) in [7, 11) is 0. The summed E-state index contributed by atoms with van der Waals surface area (Å²) in [5, 5.41) is 2.95. The number of carbonyl (C=O) groups is 2. The number of benzene rings is 1. The van der Waals surface area contributed by atoms with Gasteiger partial charge in [-0.25, -0.2) is 0 Å². The largest absolute Gasteiger partial charge is 0.489 e. The molecule has 1 aromatic rings. The molecule has 1 N–H and O–H groups in total. The lowest BCUT2D eigenvalue weighted by atomic mass is 9.97. The quantitative estimate of drug-likeness (QED) is 0.734. The van der Waals surface area contributed by atoms with Crippen LogP contribution in [0.1, 0.15) is 52.4 Å². The van der Waals surface area contributed by atoms with Gasteiger partial charge in [-0.15, -0.1) is 0 Å². The number of hydrogen-bond donors (Lipinski definition) is 1. The lowest BCUT2D eigenvalue weighted by molar-refractivity contribution is -0.128. The zero-order valence-corrected chi connectivity index (χ0v) is 16.4. The van der Waals surface area contributed by atoms with Crippen molar-refractivity contribution in [1.29, 1.82) is 0 Å². The minimum atomic E-state index is -0.301. The monoisotopic (exact) mass is 370 g/mol. The van der Waals surface area contributed by atoms with Crippen molar-refractivity contribution in [2.45, 2.75) is 58.5 Å². The average Bonchev–Trinajstić information content (AvgIpc) is 3.03. The van der Waals surface area contributed by atoms with Crippen molar-refractivity contribution in [3.8, 4) is 5.75 Å². The van der Waals surface area contributed by atoms with Gasteiger partial charge in [0.05, 0.1) is 17.7 Å². The second-order valence-electron chi connectivity index (χ2n) is 7.75. The highest BCUT2D eigenvalue weighted by molar-refractivity contribution is 5.98. The fourth-order valence-electron chi connectivity index (χ4n) is 3.74. The molecule has 1 heterocycles. The molecule has 5 nitrogen and oxygen atoms in total. The summed E-state index contributed by atoms with van der Waals surface area (Å²) in [6.07, 6.45) is 8.41. The maximum Gasteiger partial charge on any atom is 0.229 e. The van der Waals surface area contributed by atoms with Gasteiger partial charge in [-0.2, -0.15) is 0 Å². The molecular weight excluding hydrogens is 340 g/mol. The summed E-state index contributed by atoms with van der Waals surface area (Å²) in [5.41, 5.74) is 2.12. The summed E-state index contributed by atoms with van der Waals surface area (Å²) in [4.78, 5) is 26.9. The Morgan fingerprint density at radius 1 is 1.30 bits per heavy atom. The number of anilines is 1. The second kappa shape index (κ2) is 9.07. The van der Waals surface area contributed by atoms with Gasteiger partial charge in [0, 0.05) is 19.5 Å². The van der Waals surface area contributed by atoms with Gasteiger partial charge in [-0.3, -0.25) is 9.59 Å². The number of carbonyl (C=O) groups excluding carboxylic acids is 2. The smallest absolute Gasteiger partial charge is 0.229 e. The van der Waals surface area contributed by atoms with E-state index in [9.17, 15) is 9.59 Å². The first kappa shape index (κ1) is 19.5. The highest BCUT2D eigenvalue weighted by Gasteiger charge is 2.34. The van der Waals surface area contributed by atoms with Crippen LogP contribution in [-0.4, -0.2) is 35.9 Å². The highest BCUT2D eigenvalue weighted by Crippen LogP contribution is 2.28. The van der Waals surface area contributed by atoms with E-state index in [2.05, 4.69) is 11.4 Å². The maximum atomic E-state index is 12.7. The number of para-hydroxylation sites is 2. The number of ether oxygens (including phenoxy) is 1. The third kappa shape index (κ3) is 5.34. The van der Waals surface area contributed by atoms with Crippen LogP contribution in [0.4, 0.5) is 5.69 Å². The van der Waals surface area contributed by atoms with Crippen molar-refractivity contribution in [3.63, 3.8) is 0 Å². The van der Waals surface area contributed by atoms with Gasteiger partial charge in [-0.05, 0) is 58.1 Å². The first-order valence-electron chi connectivity index (χ1n) is 10.0. The van der Waals surface area contributed by atoms with E-state index in [0.29, 0.717) is 18.0 Å². The van der Waals surface area contributed by atoms with Crippen LogP contribution in [0.15, 0.2) is 35.9 Å². The third-order valence-electron chi connectivity index (χ3n) is 5.18. The molecular formula is C22H30N2O3. The maximum absolute atomic E-state index is 12.7. The van der Waals surface area contributed by atoms with E-state index in [0.717, 1.165) is 25.8 Å². The molecule has 0 saturated carbocycles. The Bertz CT molecular complexity index is 711. The number of allylic oxidation sites excluding steroid dienone is 1. The second-order valence-corrected chi connectivity index (χ2v) is 7.75. The first-order chi connectivity index (χ1) is 13.0. The summed E-state index contributed by atoms with van der Waals surface area (Å²) in [6.45, 7) is 5.13. The zero-order chi connectivity index (χ0) is 19.2. The van der Waals surface area contributed by atoms with Crippen molar-refractivity contribution in [2.75, 3.05) is 18.4 Å². The van der Waals surface area contributed by atoms with Crippen LogP contribution in [0.25, 0.3) is 0 Å². The van der Waals surface area contributed by atoms with Gasteiger partial charge in [0.15, 0.2) is 0 Å². The summed E-state index contributed by atoms with van der Waals surface area (Å²) >= 11 is 0. The lowest BCUT2D eigenvalue weighted by Crippen LogP contribution is -2.29. The Morgan fingerprint density at radius 2 is 2.11 bits per heavy atom. The molecule has 1 unspecified atom stereocenters. The van der Waals surface area contributed by atoms with Gasteiger partial charge in [0.1, 0.15) is 5.75 Å². The Kier molecular flexibility index (Phi) is 6.54. The van der Waals surface area contributed by atoms with Crippen LogP contribution < -0.4 is 10.1 Å². The molecule has 27 heavy (non-hydrogen) atoms. The summed E-state index contributed by atoms with van der Waals surface area (Å²) < 4.78 is 5.76. The molecule has 5 heteroatoms. The molecule has 1 atom stereocenters.